The molecule has 1 aliphatic heterocycles. The number of nitrogens with one attached hydrogen (secondary N) is 1. The Kier molecular flexibility index (Phi) is 3.41. The van der Waals surface area contributed by atoms with Gasteiger partial charge in [0, 0.05) is 19.8 Å². The van der Waals surface area contributed by atoms with E-state index in [9.17, 15) is 14.4 Å². The smallest absolute Gasteiger partial charge is 0.248 e. The number of benzene rings is 1. The number of nitrogens with zero attached hydrogens (tertiary/aromatic N) is 1. The minimum atomic E-state index is -0.404. The van der Waals surface area contributed by atoms with Crippen molar-refractivity contribution in [2.75, 3.05) is 0 Å². The number of fused-ring (bicyclic) bond motifs is 1. The van der Waals surface area contributed by atoms with E-state index < -0.39 is 5.91 Å². The van der Waals surface area contributed by atoms with Crippen molar-refractivity contribution in [1.82, 2.24) is 10.4 Å². The van der Waals surface area contributed by atoms with Gasteiger partial charge in [0.2, 0.25) is 17.7 Å². The van der Waals surface area contributed by atoms with Crippen LogP contribution in [0.15, 0.2) is 24.3 Å². The standard InChI is InChI=1S/C7H10N2O3.C6H4/c1-5(10)8-9-6(11)3-2-4-7(9)12;1-2-5-4-6(5)3-1/h2-4H2,1H3,(H,8,10);1-4H. The summed E-state index contributed by atoms with van der Waals surface area (Å²) in [5, 5.41) is 0.797. The molecule has 3 rings (SSSR count). The molecule has 3 amide bonds. The molecule has 1 saturated heterocycles. The second-order valence-electron chi connectivity index (χ2n) is 4.23. The average Bonchev–Trinajstić information content (AvgIpc) is 2.92. The van der Waals surface area contributed by atoms with Gasteiger partial charge in [0.05, 0.1) is 0 Å². The highest BCUT2D eigenvalue weighted by atomic mass is 16.2. The molecule has 18 heavy (non-hydrogen) atoms. The van der Waals surface area contributed by atoms with Gasteiger partial charge < -0.3 is 0 Å². The summed E-state index contributed by atoms with van der Waals surface area (Å²) >= 11 is 0. The van der Waals surface area contributed by atoms with E-state index in [1.54, 1.807) is 0 Å². The third-order valence-corrected chi connectivity index (χ3v) is 2.66. The van der Waals surface area contributed by atoms with E-state index in [0.29, 0.717) is 19.3 Å². The Bertz CT molecular complexity index is 477. The van der Waals surface area contributed by atoms with E-state index in [1.165, 1.54) is 18.1 Å². The van der Waals surface area contributed by atoms with Crippen LogP contribution in [0.25, 0.3) is 11.1 Å². The molecule has 0 radical (unpaired) electrons. The predicted octanol–water partition coefficient (Wildman–Crippen LogP) is 1.24. The molecule has 3 aliphatic rings. The first kappa shape index (κ1) is 12.3. The number of rotatable bonds is 1. The predicted molar refractivity (Wildman–Crippen MR) is 65.0 cm³/mol. The first-order chi connectivity index (χ1) is 8.58. The lowest BCUT2D eigenvalue weighted by Crippen LogP contribution is -2.50. The van der Waals surface area contributed by atoms with Crippen molar-refractivity contribution < 1.29 is 14.4 Å². The molecule has 5 nitrogen and oxygen atoms in total. The Balaban J connectivity index is 0.000000164. The number of hydrazine groups is 1. The Hall–Kier alpha value is -2.17. The van der Waals surface area contributed by atoms with E-state index >= 15 is 0 Å². The fourth-order valence-corrected chi connectivity index (χ4v) is 1.71. The summed E-state index contributed by atoms with van der Waals surface area (Å²) in [7, 11) is 0. The summed E-state index contributed by atoms with van der Waals surface area (Å²) in [5.74, 6) is -1.07. The number of carbonyl (C=O) groups is 3. The van der Waals surface area contributed by atoms with Crippen molar-refractivity contribution in [2.24, 2.45) is 0 Å². The normalized spacial score (nSPS) is 15.7. The number of amides is 3. The lowest BCUT2D eigenvalue weighted by molar-refractivity contribution is -0.155. The highest BCUT2D eigenvalue weighted by Gasteiger charge is 2.26. The zero-order valence-corrected chi connectivity index (χ0v) is 10.1. The molecule has 1 heterocycles. The molecule has 5 heteroatoms. The van der Waals surface area contributed by atoms with Crippen molar-refractivity contribution in [3.8, 4) is 11.1 Å². The molecule has 0 aromatic heterocycles. The summed E-state index contributed by atoms with van der Waals surface area (Å²) in [5.41, 5.74) is 5.03. The van der Waals surface area contributed by atoms with Crippen LogP contribution in [0.5, 0.6) is 0 Å². The van der Waals surface area contributed by atoms with E-state index in [4.69, 9.17) is 0 Å². The van der Waals surface area contributed by atoms with Crippen LogP contribution in [0.4, 0.5) is 0 Å². The van der Waals surface area contributed by atoms with Crippen LogP contribution >= 0.6 is 0 Å². The summed E-state index contributed by atoms with van der Waals surface area (Å²) in [6.45, 7) is 1.26. The fourth-order valence-electron chi connectivity index (χ4n) is 1.71. The SMILES string of the molecule is CC(=O)NN1C(=O)CCCC1=O.c1cc2cc-2c1. The van der Waals surface area contributed by atoms with Gasteiger partial charge in [0.25, 0.3) is 0 Å². The second kappa shape index (κ2) is 5.00. The first-order valence-corrected chi connectivity index (χ1v) is 5.81. The second-order valence-corrected chi connectivity index (χ2v) is 4.23. The van der Waals surface area contributed by atoms with Gasteiger partial charge in [-0.2, -0.15) is 5.01 Å². The molecule has 2 aliphatic carbocycles. The van der Waals surface area contributed by atoms with Crippen molar-refractivity contribution in [2.45, 2.75) is 26.2 Å². The topological polar surface area (TPSA) is 66.5 Å². The molecular formula is C13H14N2O3. The lowest BCUT2D eigenvalue weighted by atomic mass is 10.1. The summed E-state index contributed by atoms with van der Waals surface area (Å²) in [4.78, 5) is 32.6. The Morgan fingerprint density at radius 1 is 1.17 bits per heavy atom. The Morgan fingerprint density at radius 3 is 2.06 bits per heavy atom. The Labute approximate surface area is 105 Å². The van der Waals surface area contributed by atoms with Crippen LogP contribution in [0.1, 0.15) is 26.2 Å². The van der Waals surface area contributed by atoms with Gasteiger partial charge in [-0.05, 0) is 23.6 Å². The molecule has 0 aromatic carbocycles. The minimum absolute atomic E-state index is 0.325. The summed E-state index contributed by atoms with van der Waals surface area (Å²) in [6.07, 6.45) is 1.23. The monoisotopic (exact) mass is 246 g/mol. The van der Waals surface area contributed by atoms with Gasteiger partial charge in [-0.1, -0.05) is 18.2 Å². The molecule has 0 saturated carbocycles. The van der Waals surface area contributed by atoms with Crippen molar-refractivity contribution in [3.63, 3.8) is 0 Å². The molecule has 1 N–H and O–H groups in total. The van der Waals surface area contributed by atoms with E-state index in [-0.39, 0.29) is 11.8 Å². The van der Waals surface area contributed by atoms with Crippen molar-refractivity contribution in [1.29, 1.82) is 0 Å². The first-order valence-electron chi connectivity index (χ1n) is 5.81. The molecular weight excluding hydrogens is 232 g/mol. The van der Waals surface area contributed by atoms with Crippen LogP contribution in [0.2, 0.25) is 0 Å². The molecule has 0 unspecified atom stereocenters. The van der Waals surface area contributed by atoms with Crippen LogP contribution in [-0.2, 0) is 14.4 Å². The minimum Gasteiger partial charge on any atom is -0.274 e. The highest BCUT2D eigenvalue weighted by Crippen LogP contribution is 2.32. The van der Waals surface area contributed by atoms with Crippen LogP contribution < -0.4 is 5.43 Å². The molecule has 1 fully saturated rings. The maximum Gasteiger partial charge on any atom is 0.248 e. The number of carbonyl (C=O) groups excluding carboxylic acids is 3. The molecule has 0 aromatic rings. The van der Waals surface area contributed by atoms with E-state index in [0.717, 1.165) is 5.01 Å². The molecule has 94 valence electrons. The van der Waals surface area contributed by atoms with Crippen LogP contribution in [-0.4, -0.2) is 22.7 Å². The van der Waals surface area contributed by atoms with E-state index in [2.05, 4.69) is 29.7 Å². The van der Waals surface area contributed by atoms with Gasteiger partial charge in [0.1, 0.15) is 0 Å². The number of imide groups is 1. The fraction of sp³-hybridized carbons (Fsp3) is 0.308. The van der Waals surface area contributed by atoms with Gasteiger partial charge in [-0.15, -0.1) is 0 Å². The van der Waals surface area contributed by atoms with Crippen LogP contribution in [0, 0.1) is 0 Å². The van der Waals surface area contributed by atoms with Gasteiger partial charge in [-0.3, -0.25) is 19.8 Å². The molecule has 0 bridgehead atoms. The maximum atomic E-state index is 11.0. The maximum absolute atomic E-state index is 11.0. The number of hydrogen-bond acceptors (Lipinski definition) is 3. The van der Waals surface area contributed by atoms with Crippen LogP contribution in [0.3, 0.4) is 0 Å². The largest absolute Gasteiger partial charge is 0.274 e. The summed E-state index contributed by atoms with van der Waals surface area (Å²) in [6, 6.07) is 8.48. The van der Waals surface area contributed by atoms with Gasteiger partial charge >= 0.3 is 0 Å². The van der Waals surface area contributed by atoms with E-state index in [1.807, 2.05) is 0 Å². The summed E-state index contributed by atoms with van der Waals surface area (Å²) < 4.78 is 0. The van der Waals surface area contributed by atoms with Gasteiger partial charge in [0.15, 0.2) is 0 Å². The molecule has 0 atom stereocenters. The third kappa shape index (κ3) is 2.94. The third-order valence-electron chi connectivity index (χ3n) is 2.66. The zero-order valence-electron chi connectivity index (χ0n) is 10.1. The average molecular weight is 246 g/mol. The van der Waals surface area contributed by atoms with Crippen molar-refractivity contribution in [3.05, 3.63) is 24.3 Å². The number of piperidine rings is 1. The highest BCUT2D eigenvalue weighted by molar-refractivity contribution is 5.98. The van der Waals surface area contributed by atoms with Gasteiger partial charge in [-0.25, -0.2) is 0 Å². The van der Waals surface area contributed by atoms with Crippen molar-refractivity contribution >= 4 is 17.7 Å². The lowest BCUT2D eigenvalue weighted by Gasteiger charge is -2.23. The Morgan fingerprint density at radius 2 is 1.72 bits per heavy atom. The number of hydrogen-bond donors (Lipinski definition) is 1. The quantitative estimate of drug-likeness (QED) is 0.770. The molecule has 0 spiro atoms. The zero-order chi connectivity index (χ0) is 13.1.